The van der Waals surface area contributed by atoms with Crippen molar-refractivity contribution in [1.29, 1.82) is 0 Å². The zero-order valence-corrected chi connectivity index (χ0v) is 18.9. The van der Waals surface area contributed by atoms with Crippen molar-refractivity contribution in [2.75, 3.05) is 20.1 Å². The minimum atomic E-state index is -3.47. The molecule has 0 aromatic heterocycles. The molecule has 1 aromatic carbocycles. The van der Waals surface area contributed by atoms with Crippen molar-refractivity contribution < 1.29 is 13.2 Å². The van der Waals surface area contributed by atoms with E-state index in [9.17, 15) is 13.2 Å². The SMILES string of the molecule is CC(CC(=O)NCc1ccc(S(=O)(=O)N(C)C(C)C)cc1)C1CCCNC1.Cl. The first-order chi connectivity index (χ1) is 12.7. The van der Waals surface area contributed by atoms with Gasteiger partial charge in [-0.1, -0.05) is 19.1 Å². The van der Waals surface area contributed by atoms with E-state index in [-0.39, 0.29) is 29.3 Å². The van der Waals surface area contributed by atoms with Gasteiger partial charge in [0, 0.05) is 26.1 Å². The summed E-state index contributed by atoms with van der Waals surface area (Å²) in [6, 6.07) is 6.62. The Balaban J connectivity index is 0.00000392. The van der Waals surface area contributed by atoms with Gasteiger partial charge >= 0.3 is 0 Å². The fraction of sp³-hybridized carbons (Fsp3) is 0.650. The van der Waals surface area contributed by atoms with Gasteiger partial charge < -0.3 is 10.6 Å². The number of benzene rings is 1. The van der Waals surface area contributed by atoms with E-state index in [4.69, 9.17) is 0 Å². The number of nitrogens with one attached hydrogen (secondary N) is 2. The van der Waals surface area contributed by atoms with Crippen molar-refractivity contribution in [3.05, 3.63) is 29.8 Å². The Hall–Kier alpha value is -1.15. The molecular weight excluding hydrogens is 398 g/mol. The van der Waals surface area contributed by atoms with Crippen molar-refractivity contribution in [1.82, 2.24) is 14.9 Å². The Morgan fingerprint density at radius 1 is 1.25 bits per heavy atom. The highest BCUT2D eigenvalue weighted by atomic mass is 35.5. The summed E-state index contributed by atoms with van der Waals surface area (Å²) in [6.07, 6.45) is 2.89. The third-order valence-corrected chi connectivity index (χ3v) is 7.51. The fourth-order valence-corrected chi connectivity index (χ4v) is 4.69. The molecule has 8 heteroatoms. The van der Waals surface area contributed by atoms with Crippen LogP contribution in [-0.2, 0) is 21.4 Å². The molecule has 1 aliphatic heterocycles. The molecule has 2 unspecified atom stereocenters. The van der Waals surface area contributed by atoms with Crippen LogP contribution in [0.1, 0.15) is 45.6 Å². The van der Waals surface area contributed by atoms with Crippen LogP contribution in [0.15, 0.2) is 29.2 Å². The highest BCUT2D eigenvalue weighted by Crippen LogP contribution is 2.22. The predicted molar refractivity (Wildman–Crippen MR) is 115 cm³/mol. The van der Waals surface area contributed by atoms with E-state index < -0.39 is 10.0 Å². The lowest BCUT2D eigenvalue weighted by Crippen LogP contribution is -2.35. The molecule has 2 N–H and O–H groups in total. The lowest BCUT2D eigenvalue weighted by molar-refractivity contribution is -0.122. The van der Waals surface area contributed by atoms with Crippen molar-refractivity contribution in [3.8, 4) is 0 Å². The molecule has 1 aliphatic rings. The molecule has 2 atom stereocenters. The van der Waals surface area contributed by atoms with Gasteiger partial charge in [-0.05, 0) is 69.3 Å². The lowest BCUT2D eigenvalue weighted by Gasteiger charge is -2.28. The standard InChI is InChI=1S/C20H33N3O3S.ClH/c1-15(2)23(4)27(25,26)19-9-7-17(8-10-19)13-22-20(24)12-16(3)18-6-5-11-21-14-18;/h7-10,15-16,18,21H,5-6,11-14H2,1-4H3,(H,22,24);1H. The number of hydrogen-bond acceptors (Lipinski definition) is 4. The van der Waals surface area contributed by atoms with Crippen LogP contribution >= 0.6 is 12.4 Å². The maximum atomic E-state index is 12.5. The Bertz CT molecular complexity index is 717. The van der Waals surface area contributed by atoms with E-state index in [1.807, 2.05) is 13.8 Å². The third kappa shape index (κ3) is 6.72. The Morgan fingerprint density at radius 2 is 1.89 bits per heavy atom. The van der Waals surface area contributed by atoms with Crippen molar-refractivity contribution >= 4 is 28.3 Å². The molecule has 1 saturated heterocycles. The maximum Gasteiger partial charge on any atom is 0.243 e. The quantitative estimate of drug-likeness (QED) is 0.663. The summed E-state index contributed by atoms with van der Waals surface area (Å²) in [7, 11) is -1.89. The minimum Gasteiger partial charge on any atom is -0.352 e. The number of piperidine rings is 1. The highest BCUT2D eigenvalue weighted by Gasteiger charge is 2.23. The monoisotopic (exact) mass is 431 g/mol. The molecule has 2 rings (SSSR count). The first kappa shape index (κ1) is 24.9. The number of carbonyl (C=O) groups excluding carboxylic acids is 1. The summed E-state index contributed by atoms with van der Waals surface area (Å²) in [6.45, 7) is 8.30. The summed E-state index contributed by atoms with van der Waals surface area (Å²) < 4.78 is 26.3. The van der Waals surface area contributed by atoms with E-state index >= 15 is 0 Å². The number of hydrogen-bond donors (Lipinski definition) is 2. The second-order valence-electron chi connectivity index (χ2n) is 7.82. The molecule has 0 bridgehead atoms. The van der Waals surface area contributed by atoms with Crippen LogP contribution in [0.2, 0.25) is 0 Å². The second kappa shape index (κ2) is 11.1. The molecule has 1 amide bonds. The predicted octanol–water partition coefficient (Wildman–Crippen LogP) is 2.78. The Morgan fingerprint density at radius 3 is 2.43 bits per heavy atom. The normalized spacial score (nSPS) is 18.6. The first-order valence-electron chi connectivity index (χ1n) is 9.76. The molecule has 6 nitrogen and oxygen atoms in total. The molecule has 28 heavy (non-hydrogen) atoms. The van der Waals surface area contributed by atoms with Gasteiger partial charge in [-0.3, -0.25) is 4.79 Å². The Kier molecular flexibility index (Phi) is 9.90. The van der Waals surface area contributed by atoms with Gasteiger partial charge in [0.1, 0.15) is 0 Å². The number of rotatable bonds is 8. The topological polar surface area (TPSA) is 78.5 Å². The molecule has 0 saturated carbocycles. The zero-order chi connectivity index (χ0) is 20.0. The van der Waals surface area contributed by atoms with Gasteiger partial charge in [0.15, 0.2) is 0 Å². The van der Waals surface area contributed by atoms with Gasteiger partial charge in [0.2, 0.25) is 15.9 Å². The largest absolute Gasteiger partial charge is 0.352 e. The van der Waals surface area contributed by atoms with Gasteiger partial charge in [-0.15, -0.1) is 12.4 Å². The van der Waals surface area contributed by atoms with Crippen LogP contribution in [0, 0.1) is 11.8 Å². The van der Waals surface area contributed by atoms with Crippen LogP contribution in [0.25, 0.3) is 0 Å². The number of nitrogens with zero attached hydrogens (tertiary/aromatic N) is 1. The van der Waals surface area contributed by atoms with Crippen molar-refractivity contribution in [2.24, 2.45) is 11.8 Å². The summed E-state index contributed by atoms with van der Waals surface area (Å²) in [5, 5.41) is 6.34. The van der Waals surface area contributed by atoms with E-state index in [0.29, 0.717) is 24.8 Å². The molecule has 0 radical (unpaired) electrons. The number of halogens is 1. The second-order valence-corrected chi connectivity index (χ2v) is 9.82. The first-order valence-corrected chi connectivity index (χ1v) is 11.2. The summed E-state index contributed by atoms with van der Waals surface area (Å²) in [5.41, 5.74) is 0.890. The summed E-state index contributed by atoms with van der Waals surface area (Å²) in [5.74, 6) is 0.966. The summed E-state index contributed by atoms with van der Waals surface area (Å²) in [4.78, 5) is 12.5. The van der Waals surface area contributed by atoms with Crippen LogP contribution < -0.4 is 10.6 Å². The molecule has 160 valence electrons. The number of carbonyl (C=O) groups is 1. The zero-order valence-electron chi connectivity index (χ0n) is 17.3. The molecule has 0 aliphatic carbocycles. The van der Waals surface area contributed by atoms with E-state index in [1.54, 1.807) is 31.3 Å². The molecule has 1 fully saturated rings. The molecular formula is C20H34ClN3O3S. The van der Waals surface area contributed by atoms with Crippen LogP contribution in [0.3, 0.4) is 0 Å². The smallest absolute Gasteiger partial charge is 0.243 e. The lowest BCUT2D eigenvalue weighted by atomic mass is 9.85. The molecule has 0 spiro atoms. The molecule has 1 aromatic rings. The fourth-order valence-electron chi connectivity index (χ4n) is 3.32. The number of sulfonamides is 1. The van der Waals surface area contributed by atoms with Crippen LogP contribution in [0.5, 0.6) is 0 Å². The minimum absolute atomic E-state index is 0. The maximum absolute atomic E-state index is 12.5. The van der Waals surface area contributed by atoms with E-state index in [0.717, 1.165) is 18.7 Å². The van der Waals surface area contributed by atoms with Gasteiger partial charge in [0.25, 0.3) is 0 Å². The van der Waals surface area contributed by atoms with Crippen LogP contribution in [0.4, 0.5) is 0 Å². The summed E-state index contributed by atoms with van der Waals surface area (Å²) >= 11 is 0. The third-order valence-electron chi connectivity index (χ3n) is 5.46. The van der Waals surface area contributed by atoms with E-state index in [2.05, 4.69) is 17.6 Å². The Labute approximate surface area is 175 Å². The van der Waals surface area contributed by atoms with Crippen LogP contribution in [-0.4, -0.2) is 44.8 Å². The van der Waals surface area contributed by atoms with Crippen molar-refractivity contribution in [2.45, 2.75) is 57.5 Å². The highest BCUT2D eigenvalue weighted by molar-refractivity contribution is 7.89. The molecule has 1 heterocycles. The average Bonchev–Trinajstić information content (AvgIpc) is 2.66. The van der Waals surface area contributed by atoms with Gasteiger partial charge in [0.05, 0.1) is 4.90 Å². The van der Waals surface area contributed by atoms with Gasteiger partial charge in [-0.25, -0.2) is 8.42 Å². The van der Waals surface area contributed by atoms with E-state index in [1.165, 1.54) is 17.1 Å². The number of amides is 1. The van der Waals surface area contributed by atoms with Gasteiger partial charge in [-0.2, -0.15) is 4.31 Å². The van der Waals surface area contributed by atoms with Crippen molar-refractivity contribution in [3.63, 3.8) is 0 Å². The average molecular weight is 432 g/mol.